The molecular weight excluding hydrogens is 359 g/mol. The van der Waals surface area contributed by atoms with Gasteiger partial charge < -0.3 is 9.26 Å². The van der Waals surface area contributed by atoms with Crippen molar-refractivity contribution in [3.05, 3.63) is 77.7 Å². The Hall–Kier alpha value is -2.77. The van der Waals surface area contributed by atoms with Crippen molar-refractivity contribution >= 4 is 0 Å². The van der Waals surface area contributed by atoms with E-state index < -0.39 is 0 Å². The quantitative estimate of drug-likeness (QED) is 0.626. The van der Waals surface area contributed by atoms with Gasteiger partial charge in [-0.2, -0.15) is 4.98 Å². The summed E-state index contributed by atoms with van der Waals surface area (Å²) in [6, 6.07) is 16.4. The minimum Gasteiger partial charge on any atom is -0.485 e. The Morgan fingerprint density at radius 1 is 0.929 bits per heavy atom. The Balaban J connectivity index is 1.22. The smallest absolute Gasteiger partial charge is 0.240 e. The lowest BCUT2D eigenvalue weighted by Gasteiger charge is -2.33. The van der Waals surface area contributed by atoms with Gasteiger partial charge in [0.2, 0.25) is 11.7 Å². The van der Waals surface area contributed by atoms with Gasteiger partial charge in [0, 0.05) is 32.7 Å². The molecule has 0 radical (unpaired) electrons. The third-order valence-electron chi connectivity index (χ3n) is 4.74. The zero-order chi connectivity index (χ0) is 19.2. The average molecular weight is 382 g/mol. The van der Waals surface area contributed by atoms with Crippen molar-refractivity contribution in [2.24, 2.45) is 0 Å². The Kier molecular flexibility index (Phi) is 5.94. The molecule has 1 aromatic heterocycles. The van der Waals surface area contributed by atoms with E-state index in [1.54, 1.807) is 12.1 Å². The van der Waals surface area contributed by atoms with Crippen LogP contribution in [0.3, 0.4) is 0 Å². The van der Waals surface area contributed by atoms with Crippen molar-refractivity contribution in [1.82, 2.24) is 19.9 Å². The normalized spacial score (nSPS) is 15.6. The molecule has 0 spiro atoms. The van der Waals surface area contributed by atoms with Crippen LogP contribution >= 0.6 is 0 Å². The second-order valence-corrected chi connectivity index (χ2v) is 6.89. The van der Waals surface area contributed by atoms with Crippen LogP contribution in [0.5, 0.6) is 5.75 Å². The van der Waals surface area contributed by atoms with Crippen molar-refractivity contribution in [2.75, 3.05) is 26.2 Å². The number of rotatable bonds is 7. The van der Waals surface area contributed by atoms with E-state index in [0.29, 0.717) is 18.3 Å². The van der Waals surface area contributed by atoms with E-state index in [9.17, 15) is 4.39 Å². The first-order chi connectivity index (χ1) is 13.7. The van der Waals surface area contributed by atoms with Crippen LogP contribution < -0.4 is 4.74 Å². The summed E-state index contributed by atoms with van der Waals surface area (Å²) in [5.41, 5.74) is 1.01. The fourth-order valence-corrected chi connectivity index (χ4v) is 3.27. The zero-order valence-corrected chi connectivity index (χ0v) is 15.6. The summed E-state index contributed by atoms with van der Waals surface area (Å²) in [5, 5.41) is 3.99. The lowest BCUT2D eigenvalue weighted by molar-refractivity contribution is 0.112. The van der Waals surface area contributed by atoms with Crippen LogP contribution in [0.2, 0.25) is 0 Å². The summed E-state index contributed by atoms with van der Waals surface area (Å²) in [7, 11) is 0. The van der Waals surface area contributed by atoms with Crippen LogP contribution in [0.4, 0.5) is 4.39 Å². The summed E-state index contributed by atoms with van der Waals surface area (Å²) in [6.45, 7) is 5.36. The number of hydrogen-bond acceptors (Lipinski definition) is 6. The maximum absolute atomic E-state index is 13.3. The van der Waals surface area contributed by atoms with Gasteiger partial charge >= 0.3 is 0 Å². The number of benzene rings is 2. The number of ether oxygens (including phenoxy) is 1. The van der Waals surface area contributed by atoms with E-state index in [4.69, 9.17) is 9.26 Å². The summed E-state index contributed by atoms with van der Waals surface area (Å²) in [6.07, 6.45) is 0. The predicted molar refractivity (Wildman–Crippen MR) is 102 cm³/mol. The highest BCUT2D eigenvalue weighted by atomic mass is 19.1. The molecule has 0 bridgehead atoms. The van der Waals surface area contributed by atoms with Crippen LogP contribution in [-0.2, 0) is 19.7 Å². The van der Waals surface area contributed by atoms with Gasteiger partial charge in [-0.05, 0) is 29.8 Å². The van der Waals surface area contributed by atoms with Gasteiger partial charge in [-0.25, -0.2) is 4.39 Å². The molecule has 0 N–H and O–H groups in total. The summed E-state index contributed by atoms with van der Waals surface area (Å²) in [4.78, 5) is 9.04. The minimum atomic E-state index is -0.181. The van der Waals surface area contributed by atoms with Crippen molar-refractivity contribution in [1.29, 1.82) is 0 Å². The summed E-state index contributed by atoms with van der Waals surface area (Å²) in [5.74, 6) is 1.75. The Morgan fingerprint density at radius 3 is 2.43 bits per heavy atom. The molecule has 2 heterocycles. The fourth-order valence-electron chi connectivity index (χ4n) is 3.27. The van der Waals surface area contributed by atoms with Gasteiger partial charge in [-0.15, -0.1) is 0 Å². The van der Waals surface area contributed by atoms with E-state index in [-0.39, 0.29) is 12.4 Å². The van der Waals surface area contributed by atoms with E-state index >= 15 is 0 Å². The Bertz CT molecular complexity index is 879. The Morgan fingerprint density at radius 2 is 1.68 bits per heavy atom. The van der Waals surface area contributed by atoms with Crippen molar-refractivity contribution in [2.45, 2.75) is 19.7 Å². The Labute approximate surface area is 163 Å². The number of para-hydroxylation sites is 1. The number of piperazine rings is 1. The maximum atomic E-state index is 13.3. The topological polar surface area (TPSA) is 54.6 Å². The number of aromatic nitrogens is 2. The summed E-state index contributed by atoms with van der Waals surface area (Å²) >= 11 is 0. The zero-order valence-electron chi connectivity index (χ0n) is 15.6. The SMILES string of the molecule is Fc1cccc(CN2CCN(Cc3nc(COc4ccccc4)no3)CC2)c1. The predicted octanol–water partition coefficient (Wildman–Crippen LogP) is 3.11. The molecule has 0 unspecified atom stereocenters. The summed E-state index contributed by atoms with van der Waals surface area (Å²) < 4.78 is 24.3. The highest BCUT2D eigenvalue weighted by Gasteiger charge is 2.19. The van der Waals surface area contributed by atoms with Gasteiger partial charge in [0.05, 0.1) is 6.54 Å². The molecular formula is C21H23FN4O2. The molecule has 146 valence electrons. The van der Waals surface area contributed by atoms with Crippen molar-refractivity contribution in [3.8, 4) is 5.75 Å². The standard InChI is InChI=1S/C21H23FN4O2/c22-18-6-4-5-17(13-18)14-25-9-11-26(12-10-25)15-21-23-20(24-28-21)16-27-19-7-2-1-3-8-19/h1-8,13H,9-12,14-16H2. The van der Waals surface area contributed by atoms with Gasteiger partial charge in [-0.1, -0.05) is 35.5 Å². The van der Waals surface area contributed by atoms with Crippen LogP contribution in [0.1, 0.15) is 17.3 Å². The molecule has 3 aromatic rings. The van der Waals surface area contributed by atoms with Crippen LogP contribution in [0.25, 0.3) is 0 Å². The lowest BCUT2D eigenvalue weighted by Crippen LogP contribution is -2.45. The van der Waals surface area contributed by atoms with Crippen LogP contribution in [0.15, 0.2) is 59.1 Å². The fraction of sp³-hybridized carbons (Fsp3) is 0.333. The first kappa shape index (κ1) is 18.6. The second-order valence-electron chi connectivity index (χ2n) is 6.89. The van der Waals surface area contributed by atoms with Gasteiger partial charge in [0.15, 0.2) is 6.61 Å². The molecule has 0 aliphatic carbocycles. The van der Waals surface area contributed by atoms with Gasteiger partial charge in [0.1, 0.15) is 11.6 Å². The first-order valence-electron chi connectivity index (χ1n) is 9.43. The molecule has 1 saturated heterocycles. The van der Waals surface area contributed by atoms with Crippen LogP contribution in [-0.4, -0.2) is 46.1 Å². The molecule has 7 heteroatoms. The van der Waals surface area contributed by atoms with Crippen LogP contribution in [0, 0.1) is 5.82 Å². The van der Waals surface area contributed by atoms with E-state index in [0.717, 1.165) is 44.0 Å². The van der Waals surface area contributed by atoms with E-state index in [1.807, 2.05) is 36.4 Å². The number of nitrogens with zero attached hydrogens (tertiary/aromatic N) is 4. The van der Waals surface area contributed by atoms with Crippen molar-refractivity contribution in [3.63, 3.8) is 0 Å². The van der Waals surface area contributed by atoms with E-state index in [1.165, 1.54) is 6.07 Å². The first-order valence-corrected chi connectivity index (χ1v) is 9.43. The molecule has 6 nitrogen and oxygen atoms in total. The third kappa shape index (κ3) is 5.15. The molecule has 1 fully saturated rings. The molecule has 0 atom stereocenters. The molecule has 1 aliphatic heterocycles. The highest BCUT2D eigenvalue weighted by Crippen LogP contribution is 2.13. The van der Waals surface area contributed by atoms with E-state index in [2.05, 4.69) is 19.9 Å². The molecule has 28 heavy (non-hydrogen) atoms. The number of hydrogen-bond donors (Lipinski definition) is 0. The molecule has 0 saturated carbocycles. The minimum absolute atomic E-state index is 0.181. The van der Waals surface area contributed by atoms with Crippen molar-refractivity contribution < 1.29 is 13.7 Å². The molecule has 4 rings (SSSR count). The second kappa shape index (κ2) is 8.95. The monoisotopic (exact) mass is 382 g/mol. The van der Waals surface area contributed by atoms with Gasteiger partial charge in [-0.3, -0.25) is 9.80 Å². The molecule has 0 amide bonds. The highest BCUT2D eigenvalue weighted by molar-refractivity contribution is 5.21. The number of halogens is 1. The largest absolute Gasteiger partial charge is 0.485 e. The molecule has 1 aliphatic rings. The molecule has 2 aromatic carbocycles. The lowest BCUT2D eigenvalue weighted by atomic mass is 10.2. The van der Waals surface area contributed by atoms with Gasteiger partial charge in [0.25, 0.3) is 0 Å². The average Bonchev–Trinajstić information content (AvgIpc) is 3.16. The third-order valence-corrected chi connectivity index (χ3v) is 4.74. The maximum Gasteiger partial charge on any atom is 0.240 e.